The summed E-state index contributed by atoms with van der Waals surface area (Å²) >= 11 is 0. The van der Waals surface area contributed by atoms with Gasteiger partial charge in [0, 0.05) is 38.6 Å². The Morgan fingerprint density at radius 2 is 1.51 bits per heavy atom. The first-order chi connectivity index (χ1) is 17.1. The number of likely N-dealkylation sites (tertiary alicyclic amines) is 1. The van der Waals surface area contributed by atoms with Crippen molar-refractivity contribution in [3.63, 3.8) is 0 Å². The fraction of sp³-hybridized carbons (Fsp3) is 0.321. The van der Waals surface area contributed by atoms with Crippen LogP contribution in [0.2, 0.25) is 0 Å². The van der Waals surface area contributed by atoms with Crippen LogP contribution >= 0.6 is 0 Å². The zero-order valence-corrected chi connectivity index (χ0v) is 19.7. The van der Waals surface area contributed by atoms with Gasteiger partial charge in [0.05, 0.1) is 5.56 Å². The Morgan fingerprint density at radius 3 is 2.14 bits per heavy atom. The molecule has 178 valence electrons. The van der Waals surface area contributed by atoms with Crippen LogP contribution in [0.4, 0.5) is 5.95 Å². The maximum atomic E-state index is 11.5. The van der Waals surface area contributed by atoms with Gasteiger partial charge >= 0.3 is 0 Å². The highest BCUT2D eigenvalue weighted by Gasteiger charge is 2.41. The molecule has 0 saturated carbocycles. The predicted molar refractivity (Wildman–Crippen MR) is 137 cm³/mol. The van der Waals surface area contributed by atoms with Crippen LogP contribution in [0.5, 0.6) is 0 Å². The van der Waals surface area contributed by atoms with Gasteiger partial charge in [0.15, 0.2) is 0 Å². The average Bonchev–Trinajstić information content (AvgIpc) is 3.30. The molecule has 7 heteroatoms. The Bertz CT molecular complexity index is 1330. The summed E-state index contributed by atoms with van der Waals surface area (Å²) in [4.78, 5) is 25.1. The van der Waals surface area contributed by atoms with E-state index < -0.39 is 5.91 Å². The van der Waals surface area contributed by atoms with Crippen LogP contribution in [-0.2, 0) is 6.54 Å². The highest BCUT2D eigenvalue weighted by molar-refractivity contribution is 6.02. The standard InChI is InChI=1S/C28H29N5O2/c34-26(31-35)22-16-29-27(30-17-22)33-13-10-28(11-14-33)9-12-32(19-28)18-25-23-7-3-1-5-20(23)15-21-6-2-4-8-24(21)25/h1-8,15-17,35H,9-14,18-19H2,(H,31,34). The third-order valence-corrected chi connectivity index (χ3v) is 7.89. The Balaban J connectivity index is 1.16. The van der Waals surface area contributed by atoms with E-state index in [4.69, 9.17) is 5.21 Å². The van der Waals surface area contributed by atoms with Crippen LogP contribution in [0.25, 0.3) is 21.5 Å². The molecule has 0 bridgehead atoms. The van der Waals surface area contributed by atoms with Crippen molar-refractivity contribution >= 4 is 33.4 Å². The Kier molecular flexibility index (Phi) is 5.59. The normalized spacial score (nSPS) is 17.9. The molecule has 2 aliphatic rings. The summed E-state index contributed by atoms with van der Waals surface area (Å²) in [5, 5.41) is 14.1. The number of aromatic nitrogens is 2. The van der Waals surface area contributed by atoms with Gasteiger partial charge in [-0.25, -0.2) is 15.4 Å². The second kappa shape index (κ2) is 8.91. The summed E-state index contributed by atoms with van der Waals surface area (Å²) in [5.41, 5.74) is 3.64. The number of carbonyl (C=O) groups is 1. The number of hydrogen-bond donors (Lipinski definition) is 2. The highest BCUT2D eigenvalue weighted by Crippen LogP contribution is 2.42. The number of hydrogen-bond acceptors (Lipinski definition) is 6. The molecule has 0 radical (unpaired) electrons. The maximum Gasteiger partial charge on any atom is 0.277 e. The topological polar surface area (TPSA) is 81.6 Å². The molecule has 3 aromatic carbocycles. The minimum Gasteiger partial charge on any atom is -0.341 e. The summed E-state index contributed by atoms with van der Waals surface area (Å²) in [6.07, 6.45) is 6.37. The van der Waals surface area contributed by atoms with Crippen LogP contribution in [-0.4, -0.2) is 52.2 Å². The molecule has 0 aliphatic carbocycles. The van der Waals surface area contributed by atoms with Crippen molar-refractivity contribution in [3.8, 4) is 0 Å². The lowest BCUT2D eigenvalue weighted by atomic mass is 9.78. The third-order valence-electron chi connectivity index (χ3n) is 7.89. The first-order valence-electron chi connectivity index (χ1n) is 12.3. The molecule has 2 N–H and O–H groups in total. The molecule has 0 unspecified atom stereocenters. The van der Waals surface area contributed by atoms with Gasteiger partial charge in [-0.2, -0.15) is 0 Å². The predicted octanol–water partition coefficient (Wildman–Crippen LogP) is 4.39. The van der Waals surface area contributed by atoms with Crippen molar-refractivity contribution < 1.29 is 10.0 Å². The van der Waals surface area contributed by atoms with E-state index in [0.717, 1.165) is 45.6 Å². The van der Waals surface area contributed by atoms with Crippen molar-refractivity contribution in [2.75, 3.05) is 31.1 Å². The van der Waals surface area contributed by atoms with E-state index in [1.165, 1.54) is 45.9 Å². The smallest absolute Gasteiger partial charge is 0.277 e. The second-order valence-corrected chi connectivity index (χ2v) is 9.96. The van der Waals surface area contributed by atoms with Gasteiger partial charge in [0.25, 0.3) is 5.91 Å². The van der Waals surface area contributed by atoms with Gasteiger partial charge < -0.3 is 4.90 Å². The number of fused-ring (bicyclic) bond motifs is 2. The van der Waals surface area contributed by atoms with Gasteiger partial charge in [0.2, 0.25) is 5.95 Å². The van der Waals surface area contributed by atoms with Crippen LogP contribution in [0.3, 0.4) is 0 Å². The molecule has 7 nitrogen and oxygen atoms in total. The number of nitrogens with one attached hydrogen (secondary N) is 1. The van der Waals surface area contributed by atoms with Crippen LogP contribution < -0.4 is 10.4 Å². The highest BCUT2D eigenvalue weighted by atomic mass is 16.5. The van der Waals surface area contributed by atoms with Gasteiger partial charge in [-0.15, -0.1) is 0 Å². The molecule has 1 amide bonds. The van der Waals surface area contributed by atoms with Crippen LogP contribution in [0, 0.1) is 5.41 Å². The minimum absolute atomic E-state index is 0.247. The number of carbonyl (C=O) groups excluding carboxylic acids is 1. The lowest BCUT2D eigenvalue weighted by Crippen LogP contribution is -2.42. The molecular formula is C28H29N5O2. The molecule has 6 rings (SSSR count). The second-order valence-electron chi connectivity index (χ2n) is 9.96. The first kappa shape index (κ1) is 21.9. The van der Waals surface area contributed by atoms with E-state index in [0.29, 0.717) is 11.4 Å². The molecule has 4 aromatic rings. The fourth-order valence-electron chi connectivity index (χ4n) is 5.92. The molecule has 2 fully saturated rings. The van der Waals surface area contributed by atoms with Gasteiger partial charge in [-0.3, -0.25) is 14.9 Å². The number of hydroxylamine groups is 1. The van der Waals surface area contributed by atoms with E-state index >= 15 is 0 Å². The molecule has 0 atom stereocenters. The molecule has 2 aliphatic heterocycles. The van der Waals surface area contributed by atoms with Gasteiger partial charge in [-0.05, 0) is 64.4 Å². The lowest BCUT2D eigenvalue weighted by Gasteiger charge is -2.39. The SMILES string of the molecule is O=C(NO)c1cnc(N2CCC3(CCN(Cc4c5ccccc5cc5ccccc45)C3)CC2)nc1. The van der Waals surface area contributed by atoms with E-state index in [9.17, 15) is 4.79 Å². The molecule has 35 heavy (non-hydrogen) atoms. The molecular weight excluding hydrogens is 438 g/mol. The minimum atomic E-state index is -0.598. The largest absolute Gasteiger partial charge is 0.341 e. The van der Waals surface area contributed by atoms with Gasteiger partial charge in [-0.1, -0.05) is 48.5 Å². The zero-order chi connectivity index (χ0) is 23.8. The summed E-state index contributed by atoms with van der Waals surface area (Å²) < 4.78 is 0. The van der Waals surface area contributed by atoms with Crippen molar-refractivity contribution in [1.29, 1.82) is 0 Å². The molecule has 2 saturated heterocycles. The van der Waals surface area contributed by atoms with E-state index in [1.54, 1.807) is 5.48 Å². The Morgan fingerprint density at radius 1 is 0.914 bits per heavy atom. The number of rotatable bonds is 4. The van der Waals surface area contributed by atoms with Gasteiger partial charge in [0.1, 0.15) is 0 Å². The molecule has 3 heterocycles. The Labute approximate surface area is 204 Å². The summed E-state index contributed by atoms with van der Waals surface area (Å²) in [5.74, 6) is 0.0468. The maximum absolute atomic E-state index is 11.5. The third kappa shape index (κ3) is 4.11. The molecule has 1 aromatic heterocycles. The average molecular weight is 468 g/mol. The number of benzene rings is 3. The van der Waals surface area contributed by atoms with Crippen molar-refractivity contribution in [1.82, 2.24) is 20.3 Å². The van der Waals surface area contributed by atoms with E-state index in [1.807, 2.05) is 0 Å². The van der Waals surface area contributed by atoms with Crippen molar-refractivity contribution in [2.45, 2.75) is 25.8 Å². The number of amides is 1. The van der Waals surface area contributed by atoms with Crippen molar-refractivity contribution in [3.05, 3.63) is 78.1 Å². The molecule has 1 spiro atoms. The van der Waals surface area contributed by atoms with E-state index in [2.05, 4.69) is 74.4 Å². The number of nitrogens with zero attached hydrogens (tertiary/aromatic N) is 4. The number of piperidine rings is 1. The summed E-state index contributed by atoms with van der Waals surface area (Å²) in [6, 6.07) is 19.8. The van der Waals surface area contributed by atoms with Crippen molar-refractivity contribution in [2.24, 2.45) is 5.41 Å². The lowest BCUT2D eigenvalue weighted by molar-refractivity contribution is 0.0705. The quantitative estimate of drug-likeness (QED) is 0.263. The summed E-state index contributed by atoms with van der Waals surface area (Å²) in [7, 11) is 0. The van der Waals surface area contributed by atoms with E-state index in [-0.39, 0.29) is 5.56 Å². The number of anilines is 1. The monoisotopic (exact) mass is 467 g/mol. The first-order valence-corrected chi connectivity index (χ1v) is 12.3. The summed E-state index contributed by atoms with van der Waals surface area (Å²) in [6.45, 7) is 5.05. The Hall–Kier alpha value is -3.55. The fourth-order valence-corrected chi connectivity index (χ4v) is 5.92. The van der Waals surface area contributed by atoms with Crippen LogP contribution in [0.1, 0.15) is 35.2 Å². The zero-order valence-electron chi connectivity index (χ0n) is 19.7. The van der Waals surface area contributed by atoms with Crippen LogP contribution in [0.15, 0.2) is 67.0 Å².